The molecule has 0 spiro atoms. The largest absolute Gasteiger partial charge is 0.455 e. The highest BCUT2D eigenvalue weighted by Crippen LogP contribution is 2.38. The van der Waals surface area contributed by atoms with Crippen LogP contribution in [0.25, 0.3) is 0 Å². The molecule has 0 bridgehead atoms. The summed E-state index contributed by atoms with van der Waals surface area (Å²) in [6.07, 6.45) is -3.29. The smallest absolute Gasteiger partial charge is 0.417 e. The van der Waals surface area contributed by atoms with E-state index >= 15 is 0 Å². The van der Waals surface area contributed by atoms with E-state index in [1.54, 1.807) is 0 Å². The fourth-order valence-electron chi connectivity index (χ4n) is 1.75. The molecule has 2 atom stereocenters. The number of aromatic nitrogens is 1. The molecule has 1 aliphatic rings. The molecule has 2 rings (SSSR count). The van der Waals surface area contributed by atoms with Crippen molar-refractivity contribution in [3.05, 3.63) is 22.8 Å². The van der Waals surface area contributed by atoms with Gasteiger partial charge in [0.1, 0.15) is 0 Å². The summed E-state index contributed by atoms with van der Waals surface area (Å²) in [4.78, 5) is 26.4. The molecule has 1 saturated carbocycles. The van der Waals surface area contributed by atoms with E-state index in [0.29, 0.717) is 12.3 Å². The van der Waals surface area contributed by atoms with Crippen molar-refractivity contribution in [3.8, 4) is 0 Å². The van der Waals surface area contributed by atoms with Gasteiger partial charge >= 0.3 is 12.1 Å². The normalized spacial score (nSPS) is 20.4. The fraction of sp³-hybridized carbons (Fsp3) is 0.462. The Morgan fingerprint density at radius 2 is 2.14 bits per heavy atom. The zero-order valence-corrected chi connectivity index (χ0v) is 12.2. The van der Waals surface area contributed by atoms with Crippen molar-refractivity contribution in [1.82, 2.24) is 4.98 Å². The SMILES string of the molecule is C[C@@H]1C[C@H]1C(=O)OCC(=O)Nc1ncc(C(F)(F)F)cc1Cl. The Morgan fingerprint density at radius 1 is 1.50 bits per heavy atom. The number of pyridine rings is 1. The molecule has 1 amide bonds. The van der Waals surface area contributed by atoms with Crippen LogP contribution in [-0.2, 0) is 20.5 Å². The molecule has 0 saturated heterocycles. The Hall–Kier alpha value is -1.83. The number of carbonyl (C=O) groups excluding carboxylic acids is 2. The standard InChI is InChI=1S/C13H12ClF3N2O3/c1-6-2-8(6)12(21)22-5-10(20)19-11-9(14)3-7(4-18-11)13(15,16)17/h3-4,6,8H,2,5H2,1H3,(H,18,19,20)/t6-,8-/m1/s1. The number of nitrogens with zero attached hydrogens (tertiary/aromatic N) is 1. The number of carbonyl (C=O) groups is 2. The first-order chi connectivity index (χ1) is 10.2. The first-order valence-corrected chi connectivity index (χ1v) is 6.75. The molecular weight excluding hydrogens is 325 g/mol. The number of anilines is 1. The summed E-state index contributed by atoms with van der Waals surface area (Å²) in [7, 11) is 0. The van der Waals surface area contributed by atoms with Crippen LogP contribution in [0.5, 0.6) is 0 Å². The molecule has 0 aromatic carbocycles. The highest BCUT2D eigenvalue weighted by Gasteiger charge is 2.40. The summed E-state index contributed by atoms with van der Waals surface area (Å²) in [5.41, 5.74) is -1.02. The minimum atomic E-state index is -4.57. The Kier molecular flexibility index (Phi) is 4.60. The van der Waals surface area contributed by atoms with Crippen LogP contribution in [0.1, 0.15) is 18.9 Å². The minimum Gasteiger partial charge on any atom is -0.455 e. The molecule has 5 nitrogen and oxygen atoms in total. The summed E-state index contributed by atoms with van der Waals surface area (Å²) in [5, 5.41) is 1.83. The lowest BCUT2D eigenvalue weighted by Crippen LogP contribution is -2.22. The number of alkyl halides is 3. The maximum atomic E-state index is 12.4. The molecule has 1 N–H and O–H groups in total. The first kappa shape index (κ1) is 16.5. The van der Waals surface area contributed by atoms with E-state index in [2.05, 4.69) is 10.3 Å². The Balaban J connectivity index is 1.90. The van der Waals surface area contributed by atoms with Gasteiger partial charge in [-0.1, -0.05) is 18.5 Å². The second-order valence-corrected chi connectivity index (χ2v) is 5.43. The van der Waals surface area contributed by atoms with Crippen LogP contribution in [0, 0.1) is 11.8 Å². The monoisotopic (exact) mass is 336 g/mol. The van der Waals surface area contributed by atoms with E-state index in [1.807, 2.05) is 6.92 Å². The van der Waals surface area contributed by atoms with Crippen molar-refractivity contribution in [1.29, 1.82) is 0 Å². The van der Waals surface area contributed by atoms with E-state index < -0.39 is 30.2 Å². The highest BCUT2D eigenvalue weighted by atomic mass is 35.5. The average Bonchev–Trinajstić information content (AvgIpc) is 3.14. The predicted molar refractivity (Wildman–Crippen MR) is 71.1 cm³/mol. The molecular formula is C13H12ClF3N2O3. The van der Waals surface area contributed by atoms with Gasteiger partial charge in [-0.15, -0.1) is 0 Å². The predicted octanol–water partition coefficient (Wildman–Crippen LogP) is 2.89. The summed E-state index contributed by atoms with van der Waals surface area (Å²) in [6.45, 7) is 1.35. The Labute approximate surface area is 128 Å². The summed E-state index contributed by atoms with van der Waals surface area (Å²) >= 11 is 5.64. The minimum absolute atomic E-state index is 0.180. The Morgan fingerprint density at radius 3 is 2.64 bits per heavy atom. The van der Waals surface area contributed by atoms with Crippen LogP contribution in [0.4, 0.5) is 19.0 Å². The lowest BCUT2D eigenvalue weighted by atomic mass is 10.3. The molecule has 120 valence electrons. The molecule has 0 aliphatic heterocycles. The van der Waals surface area contributed by atoms with Crippen molar-refractivity contribution < 1.29 is 27.5 Å². The van der Waals surface area contributed by atoms with Gasteiger partial charge in [0, 0.05) is 6.20 Å². The van der Waals surface area contributed by atoms with Crippen molar-refractivity contribution in [2.45, 2.75) is 19.5 Å². The van der Waals surface area contributed by atoms with E-state index in [4.69, 9.17) is 16.3 Å². The maximum Gasteiger partial charge on any atom is 0.417 e. The average molecular weight is 337 g/mol. The third-order valence-corrected chi connectivity index (χ3v) is 3.47. The zero-order valence-electron chi connectivity index (χ0n) is 11.4. The summed E-state index contributed by atoms with van der Waals surface area (Å²) in [5.74, 6) is -1.34. The number of hydrogen-bond donors (Lipinski definition) is 1. The molecule has 1 aromatic rings. The van der Waals surface area contributed by atoms with E-state index in [-0.39, 0.29) is 22.7 Å². The lowest BCUT2D eigenvalue weighted by Gasteiger charge is -2.10. The molecule has 1 heterocycles. The number of hydrogen-bond acceptors (Lipinski definition) is 4. The van der Waals surface area contributed by atoms with E-state index in [0.717, 1.165) is 6.42 Å². The van der Waals surface area contributed by atoms with Gasteiger partial charge in [-0.25, -0.2) is 4.98 Å². The van der Waals surface area contributed by atoms with Gasteiger partial charge in [-0.3, -0.25) is 9.59 Å². The van der Waals surface area contributed by atoms with Gasteiger partial charge in [0.05, 0.1) is 16.5 Å². The fourth-order valence-corrected chi connectivity index (χ4v) is 1.96. The third kappa shape index (κ3) is 4.09. The zero-order chi connectivity index (χ0) is 16.5. The molecule has 9 heteroatoms. The van der Waals surface area contributed by atoms with Gasteiger partial charge in [0.15, 0.2) is 12.4 Å². The van der Waals surface area contributed by atoms with Crippen LogP contribution in [0.2, 0.25) is 5.02 Å². The molecule has 22 heavy (non-hydrogen) atoms. The molecule has 1 aliphatic carbocycles. The molecule has 0 unspecified atom stereocenters. The number of rotatable bonds is 4. The Bertz CT molecular complexity index is 607. The number of amides is 1. The van der Waals surface area contributed by atoms with Gasteiger partial charge < -0.3 is 10.1 Å². The number of nitrogens with one attached hydrogen (secondary N) is 1. The molecule has 0 radical (unpaired) electrons. The van der Waals surface area contributed by atoms with Crippen LogP contribution in [-0.4, -0.2) is 23.5 Å². The van der Waals surface area contributed by atoms with Crippen LogP contribution in [0.15, 0.2) is 12.3 Å². The number of esters is 1. The second kappa shape index (κ2) is 6.12. The van der Waals surface area contributed by atoms with Crippen molar-refractivity contribution in [2.75, 3.05) is 11.9 Å². The highest BCUT2D eigenvalue weighted by molar-refractivity contribution is 6.33. The number of ether oxygens (including phenoxy) is 1. The summed E-state index contributed by atoms with van der Waals surface area (Å²) in [6, 6.07) is 0.655. The van der Waals surface area contributed by atoms with Gasteiger partial charge in [-0.2, -0.15) is 13.2 Å². The van der Waals surface area contributed by atoms with Crippen molar-refractivity contribution in [3.63, 3.8) is 0 Å². The molecule has 1 aromatic heterocycles. The molecule has 1 fully saturated rings. The third-order valence-electron chi connectivity index (χ3n) is 3.18. The van der Waals surface area contributed by atoms with E-state index in [9.17, 15) is 22.8 Å². The first-order valence-electron chi connectivity index (χ1n) is 6.37. The van der Waals surface area contributed by atoms with Crippen LogP contribution in [0.3, 0.4) is 0 Å². The van der Waals surface area contributed by atoms with Gasteiger partial charge in [-0.05, 0) is 18.4 Å². The second-order valence-electron chi connectivity index (χ2n) is 5.03. The van der Waals surface area contributed by atoms with Gasteiger partial charge in [0.25, 0.3) is 5.91 Å². The van der Waals surface area contributed by atoms with E-state index in [1.165, 1.54) is 0 Å². The van der Waals surface area contributed by atoms with Gasteiger partial charge in [0.2, 0.25) is 0 Å². The van der Waals surface area contributed by atoms with Crippen molar-refractivity contribution >= 4 is 29.3 Å². The number of halogens is 4. The lowest BCUT2D eigenvalue weighted by molar-refractivity contribution is -0.148. The summed E-state index contributed by atoms with van der Waals surface area (Å²) < 4.78 is 42.1. The quantitative estimate of drug-likeness (QED) is 0.858. The van der Waals surface area contributed by atoms with Crippen LogP contribution >= 0.6 is 11.6 Å². The van der Waals surface area contributed by atoms with Crippen LogP contribution < -0.4 is 5.32 Å². The maximum absolute atomic E-state index is 12.4. The topological polar surface area (TPSA) is 68.3 Å². The van der Waals surface area contributed by atoms with Crippen molar-refractivity contribution in [2.24, 2.45) is 11.8 Å².